The molecule has 1 fully saturated rings. The molecule has 1 unspecified atom stereocenters. The molecule has 2 aromatic carbocycles. The fraction of sp³-hybridized carbons (Fsp3) is 0.250. The van der Waals surface area contributed by atoms with Crippen molar-refractivity contribution in [1.29, 1.82) is 0 Å². The molecule has 1 amide bonds. The van der Waals surface area contributed by atoms with Gasteiger partial charge in [0.15, 0.2) is 0 Å². The van der Waals surface area contributed by atoms with E-state index in [0.717, 1.165) is 17.4 Å². The number of fused-ring (bicyclic) bond motifs is 1. The van der Waals surface area contributed by atoms with Gasteiger partial charge < -0.3 is 5.32 Å². The molecule has 1 heterocycles. The molecule has 27 heavy (non-hydrogen) atoms. The first-order valence-corrected chi connectivity index (χ1v) is 9.18. The van der Waals surface area contributed by atoms with Crippen molar-refractivity contribution in [1.82, 2.24) is 14.5 Å². The molecule has 1 aromatic heterocycles. The van der Waals surface area contributed by atoms with Gasteiger partial charge in [-0.3, -0.25) is 14.2 Å². The van der Waals surface area contributed by atoms with Crippen LogP contribution in [0.3, 0.4) is 0 Å². The van der Waals surface area contributed by atoms with Crippen LogP contribution in [0.25, 0.3) is 16.6 Å². The van der Waals surface area contributed by atoms with Crippen LogP contribution in [-0.2, 0) is 4.79 Å². The van der Waals surface area contributed by atoms with Crippen LogP contribution in [0.15, 0.2) is 58.1 Å². The zero-order valence-corrected chi connectivity index (χ0v) is 15.4. The maximum Gasteiger partial charge on any atom is 0.336 e. The second kappa shape index (κ2) is 6.70. The van der Waals surface area contributed by atoms with Crippen LogP contribution in [0.2, 0.25) is 5.02 Å². The van der Waals surface area contributed by atoms with Gasteiger partial charge in [0.1, 0.15) is 6.04 Å². The van der Waals surface area contributed by atoms with Crippen molar-refractivity contribution in [3.8, 4) is 5.69 Å². The van der Waals surface area contributed by atoms with Crippen LogP contribution in [0.4, 0.5) is 0 Å². The van der Waals surface area contributed by atoms with Crippen LogP contribution >= 0.6 is 11.6 Å². The lowest BCUT2D eigenvalue weighted by Gasteiger charge is -2.19. The number of hydrogen-bond donors (Lipinski definition) is 1. The van der Waals surface area contributed by atoms with E-state index in [-0.39, 0.29) is 11.9 Å². The molecule has 7 heteroatoms. The van der Waals surface area contributed by atoms with Crippen molar-refractivity contribution in [2.75, 3.05) is 0 Å². The van der Waals surface area contributed by atoms with Crippen molar-refractivity contribution >= 4 is 28.4 Å². The Morgan fingerprint density at radius 3 is 2.59 bits per heavy atom. The van der Waals surface area contributed by atoms with E-state index in [1.54, 1.807) is 55.5 Å². The standard InChI is InChI=1S/C20H18ClN3O3/c1-12(18(25)22-14-9-10-14)23-17-8-3-2-7-16(17)19(26)24(20(23)27)15-6-4-5-13(21)11-15/h2-8,11-12,14H,9-10H2,1H3,(H,22,25). The van der Waals surface area contributed by atoms with E-state index in [1.165, 1.54) is 4.57 Å². The second-order valence-corrected chi connectivity index (χ2v) is 7.19. The zero-order valence-electron chi connectivity index (χ0n) is 14.7. The average molecular weight is 384 g/mol. The van der Waals surface area contributed by atoms with Crippen LogP contribution in [-0.4, -0.2) is 21.1 Å². The molecular weight excluding hydrogens is 366 g/mol. The Kier molecular flexibility index (Phi) is 4.36. The maximum absolute atomic E-state index is 13.3. The molecule has 1 N–H and O–H groups in total. The molecule has 0 aliphatic heterocycles. The first-order valence-electron chi connectivity index (χ1n) is 8.80. The molecule has 1 aliphatic carbocycles. The molecule has 0 spiro atoms. The Balaban J connectivity index is 1.98. The Hall–Kier alpha value is -2.86. The fourth-order valence-electron chi connectivity index (χ4n) is 3.17. The van der Waals surface area contributed by atoms with Crippen LogP contribution in [0.1, 0.15) is 25.8 Å². The molecule has 1 aliphatic rings. The maximum atomic E-state index is 13.3. The van der Waals surface area contributed by atoms with Crippen molar-refractivity contribution in [3.05, 3.63) is 74.4 Å². The molecule has 1 atom stereocenters. The van der Waals surface area contributed by atoms with Gasteiger partial charge in [-0.15, -0.1) is 0 Å². The van der Waals surface area contributed by atoms with E-state index in [0.29, 0.717) is 21.6 Å². The monoisotopic (exact) mass is 383 g/mol. The summed E-state index contributed by atoms with van der Waals surface area (Å²) >= 11 is 6.05. The Bertz CT molecular complexity index is 1160. The van der Waals surface area contributed by atoms with E-state index in [1.807, 2.05) is 0 Å². The molecule has 0 radical (unpaired) electrons. The van der Waals surface area contributed by atoms with Gasteiger partial charge in [0.25, 0.3) is 5.56 Å². The molecule has 6 nitrogen and oxygen atoms in total. The molecule has 3 aromatic rings. The highest BCUT2D eigenvalue weighted by Crippen LogP contribution is 2.21. The third-order valence-corrected chi connectivity index (χ3v) is 4.99. The van der Waals surface area contributed by atoms with Gasteiger partial charge in [-0.05, 0) is 50.1 Å². The van der Waals surface area contributed by atoms with Crippen molar-refractivity contribution in [3.63, 3.8) is 0 Å². The summed E-state index contributed by atoms with van der Waals surface area (Å²) in [6, 6.07) is 12.8. The number of carbonyl (C=O) groups is 1. The second-order valence-electron chi connectivity index (χ2n) is 6.75. The highest BCUT2D eigenvalue weighted by Gasteiger charge is 2.28. The summed E-state index contributed by atoms with van der Waals surface area (Å²) in [5.41, 5.74) is -0.209. The first kappa shape index (κ1) is 17.5. The van der Waals surface area contributed by atoms with Crippen LogP contribution < -0.4 is 16.6 Å². The summed E-state index contributed by atoms with van der Waals surface area (Å²) in [5.74, 6) is -0.235. The van der Waals surface area contributed by atoms with Gasteiger partial charge in [-0.2, -0.15) is 0 Å². The Morgan fingerprint density at radius 2 is 1.89 bits per heavy atom. The van der Waals surface area contributed by atoms with E-state index < -0.39 is 17.3 Å². The van der Waals surface area contributed by atoms with Gasteiger partial charge >= 0.3 is 5.69 Å². The summed E-state index contributed by atoms with van der Waals surface area (Å²) in [6.07, 6.45) is 1.91. The van der Waals surface area contributed by atoms with Gasteiger partial charge in [0.05, 0.1) is 16.6 Å². The number of carbonyl (C=O) groups excluding carboxylic acids is 1. The number of benzene rings is 2. The minimum absolute atomic E-state index is 0.181. The predicted molar refractivity (Wildman–Crippen MR) is 105 cm³/mol. The molecule has 0 saturated heterocycles. The highest BCUT2D eigenvalue weighted by molar-refractivity contribution is 6.30. The average Bonchev–Trinajstić information content (AvgIpc) is 3.46. The van der Waals surface area contributed by atoms with Gasteiger partial charge in [0.2, 0.25) is 5.91 Å². The third-order valence-electron chi connectivity index (χ3n) is 4.75. The number of amides is 1. The number of nitrogens with zero attached hydrogens (tertiary/aromatic N) is 2. The topological polar surface area (TPSA) is 73.1 Å². The smallest absolute Gasteiger partial charge is 0.336 e. The molecular formula is C20H18ClN3O3. The van der Waals surface area contributed by atoms with E-state index in [9.17, 15) is 14.4 Å². The molecule has 1 saturated carbocycles. The summed E-state index contributed by atoms with van der Waals surface area (Å²) in [5, 5.41) is 3.70. The van der Waals surface area contributed by atoms with E-state index in [4.69, 9.17) is 11.6 Å². The fourth-order valence-corrected chi connectivity index (χ4v) is 3.35. The lowest BCUT2D eigenvalue weighted by molar-refractivity contribution is -0.124. The van der Waals surface area contributed by atoms with Gasteiger partial charge in [-0.1, -0.05) is 29.8 Å². The molecule has 4 rings (SSSR count). The largest absolute Gasteiger partial charge is 0.352 e. The molecule has 0 bridgehead atoms. The quantitative estimate of drug-likeness (QED) is 0.752. The van der Waals surface area contributed by atoms with Crippen molar-refractivity contribution < 1.29 is 4.79 Å². The predicted octanol–water partition coefficient (Wildman–Crippen LogP) is 2.65. The van der Waals surface area contributed by atoms with E-state index in [2.05, 4.69) is 5.32 Å². The normalized spacial score (nSPS) is 14.9. The van der Waals surface area contributed by atoms with Gasteiger partial charge in [-0.25, -0.2) is 9.36 Å². The summed E-state index contributed by atoms with van der Waals surface area (Å²) < 4.78 is 2.43. The summed E-state index contributed by atoms with van der Waals surface area (Å²) in [6.45, 7) is 1.67. The summed E-state index contributed by atoms with van der Waals surface area (Å²) in [4.78, 5) is 38.9. The van der Waals surface area contributed by atoms with Crippen molar-refractivity contribution in [2.24, 2.45) is 0 Å². The lowest BCUT2D eigenvalue weighted by Crippen LogP contribution is -2.44. The number of halogens is 1. The van der Waals surface area contributed by atoms with Gasteiger partial charge in [0, 0.05) is 11.1 Å². The zero-order chi connectivity index (χ0) is 19.1. The minimum Gasteiger partial charge on any atom is -0.352 e. The number of aromatic nitrogens is 2. The number of hydrogen-bond acceptors (Lipinski definition) is 3. The number of nitrogens with one attached hydrogen (secondary N) is 1. The van der Waals surface area contributed by atoms with E-state index >= 15 is 0 Å². The third kappa shape index (κ3) is 3.17. The van der Waals surface area contributed by atoms with Crippen LogP contribution in [0, 0.1) is 0 Å². The SMILES string of the molecule is CC(C(=O)NC1CC1)n1c(=O)n(-c2cccc(Cl)c2)c(=O)c2ccccc21. The lowest BCUT2D eigenvalue weighted by atomic mass is 10.2. The van der Waals surface area contributed by atoms with Crippen LogP contribution in [0.5, 0.6) is 0 Å². The Morgan fingerprint density at radius 1 is 1.15 bits per heavy atom. The summed E-state index contributed by atoms with van der Waals surface area (Å²) in [7, 11) is 0. The minimum atomic E-state index is -0.756. The highest BCUT2D eigenvalue weighted by atomic mass is 35.5. The molecule has 138 valence electrons. The van der Waals surface area contributed by atoms with Crippen molar-refractivity contribution in [2.45, 2.75) is 31.8 Å². The Labute approximate surface area is 160 Å². The number of rotatable bonds is 4. The number of para-hydroxylation sites is 1. The first-order chi connectivity index (χ1) is 13.0.